The molecule has 0 bridgehead atoms. The molecule has 1 aliphatic heterocycles. The minimum Gasteiger partial charge on any atom is -0.492 e. The van der Waals surface area contributed by atoms with Crippen molar-refractivity contribution in [2.45, 2.75) is 13.3 Å². The summed E-state index contributed by atoms with van der Waals surface area (Å²) in [6, 6.07) is 7.55. The van der Waals surface area contributed by atoms with Gasteiger partial charge in [0.1, 0.15) is 12.4 Å². The minimum atomic E-state index is 0.733. The molecule has 0 aliphatic carbocycles. The Balaban J connectivity index is 1.71. The van der Waals surface area contributed by atoms with Gasteiger partial charge < -0.3 is 10.5 Å². The fraction of sp³-hybridized carbons (Fsp3) is 0.429. The minimum absolute atomic E-state index is 0.733. The standard InChI is InChI=1S/C14H20N2O/c1-12-6-8-16(9-7-12)10-11-17-14-4-2-13(15)3-5-14/h2-6H,7-11,15H2,1H3. The van der Waals surface area contributed by atoms with Crippen molar-refractivity contribution in [3.63, 3.8) is 0 Å². The lowest BCUT2D eigenvalue weighted by Crippen LogP contribution is -2.32. The first-order valence-corrected chi connectivity index (χ1v) is 6.10. The predicted molar refractivity (Wildman–Crippen MR) is 71.2 cm³/mol. The van der Waals surface area contributed by atoms with E-state index < -0.39 is 0 Å². The van der Waals surface area contributed by atoms with E-state index in [-0.39, 0.29) is 0 Å². The van der Waals surface area contributed by atoms with Gasteiger partial charge in [-0.05, 0) is 37.6 Å². The lowest BCUT2D eigenvalue weighted by Gasteiger charge is -2.24. The van der Waals surface area contributed by atoms with Crippen molar-refractivity contribution in [3.05, 3.63) is 35.9 Å². The van der Waals surface area contributed by atoms with Gasteiger partial charge in [-0.25, -0.2) is 0 Å². The lowest BCUT2D eigenvalue weighted by atomic mass is 10.1. The first kappa shape index (κ1) is 12.0. The molecule has 0 aromatic heterocycles. The summed E-state index contributed by atoms with van der Waals surface area (Å²) in [7, 11) is 0. The van der Waals surface area contributed by atoms with E-state index in [0.29, 0.717) is 0 Å². The van der Waals surface area contributed by atoms with Gasteiger partial charge in [-0.3, -0.25) is 4.90 Å². The summed E-state index contributed by atoms with van der Waals surface area (Å²) in [5.41, 5.74) is 7.89. The summed E-state index contributed by atoms with van der Waals surface area (Å²) in [6.45, 7) is 6.11. The van der Waals surface area contributed by atoms with Crippen LogP contribution in [0.1, 0.15) is 13.3 Å². The van der Waals surface area contributed by atoms with Gasteiger partial charge in [-0.1, -0.05) is 11.6 Å². The Morgan fingerprint density at radius 1 is 1.29 bits per heavy atom. The zero-order valence-electron chi connectivity index (χ0n) is 10.4. The van der Waals surface area contributed by atoms with Gasteiger partial charge in [0, 0.05) is 25.3 Å². The number of hydrogen-bond donors (Lipinski definition) is 1. The highest BCUT2D eigenvalue weighted by Gasteiger charge is 2.08. The summed E-state index contributed by atoms with van der Waals surface area (Å²) < 4.78 is 5.67. The van der Waals surface area contributed by atoms with Crippen LogP contribution in [0.5, 0.6) is 5.75 Å². The van der Waals surface area contributed by atoms with E-state index in [1.807, 2.05) is 24.3 Å². The van der Waals surface area contributed by atoms with Crippen LogP contribution in [0.4, 0.5) is 5.69 Å². The van der Waals surface area contributed by atoms with E-state index in [9.17, 15) is 0 Å². The Labute approximate surface area is 103 Å². The van der Waals surface area contributed by atoms with Crippen LogP contribution in [0.3, 0.4) is 0 Å². The summed E-state index contributed by atoms with van der Waals surface area (Å²) in [5, 5.41) is 0. The van der Waals surface area contributed by atoms with Gasteiger partial charge in [-0.2, -0.15) is 0 Å². The van der Waals surface area contributed by atoms with Gasteiger partial charge in [-0.15, -0.1) is 0 Å². The number of anilines is 1. The van der Waals surface area contributed by atoms with E-state index in [2.05, 4.69) is 17.9 Å². The Kier molecular flexibility index (Phi) is 4.04. The molecular formula is C14H20N2O. The normalized spacial score (nSPS) is 16.6. The molecule has 0 saturated carbocycles. The molecule has 0 spiro atoms. The molecule has 1 aliphatic rings. The number of rotatable bonds is 4. The molecule has 0 amide bonds. The molecule has 2 rings (SSSR count). The van der Waals surface area contributed by atoms with Crippen LogP contribution in [0.15, 0.2) is 35.9 Å². The fourth-order valence-electron chi connectivity index (χ4n) is 1.87. The van der Waals surface area contributed by atoms with Crippen molar-refractivity contribution in [1.82, 2.24) is 4.90 Å². The van der Waals surface area contributed by atoms with E-state index in [4.69, 9.17) is 10.5 Å². The molecule has 0 radical (unpaired) electrons. The van der Waals surface area contributed by atoms with E-state index in [1.54, 1.807) is 0 Å². The second-order valence-corrected chi connectivity index (χ2v) is 4.52. The smallest absolute Gasteiger partial charge is 0.119 e. The maximum atomic E-state index is 5.67. The maximum Gasteiger partial charge on any atom is 0.119 e. The number of hydrogen-bond acceptors (Lipinski definition) is 3. The Morgan fingerprint density at radius 3 is 2.71 bits per heavy atom. The lowest BCUT2D eigenvalue weighted by molar-refractivity contribution is 0.219. The summed E-state index contributed by atoms with van der Waals surface area (Å²) in [6.07, 6.45) is 3.48. The molecule has 0 saturated heterocycles. The third-order valence-corrected chi connectivity index (χ3v) is 3.08. The highest BCUT2D eigenvalue weighted by atomic mass is 16.5. The van der Waals surface area contributed by atoms with Crippen LogP contribution in [0, 0.1) is 0 Å². The number of nitrogen functional groups attached to an aromatic ring is 1. The van der Waals surface area contributed by atoms with Crippen LogP contribution in [-0.2, 0) is 0 Å². The van der Waals surface area contributed by atoms with Crippen molar-refractivity contribution in [1.29, 1.82) is 0 Å². The zero-order chi connectivity index (χ0) is 12.1. The van der Waals surface area contributed by atoms with Crippen molar-refractivity contribution in [2.24, 2.45) is 0 Å². The maximum absolute atomic E-state index is 5.67. The first-order chi connectivity index (χ1) is 8.24. The number of nitrogens with zero attached hydrogens (tertiary/aromatic N) is 1. The zero-order valence-corrected chi connectivity index (χ0v) is 10.4. The van der Waals surface area contributed by atoms with Crippen LogP contribution in [0.2, 0.25) is 0 Å². The van der Waals surface area contributed by atoms with Crippen LogP contribution in [0.25, 0.3) is 0 Å². The molecule has 1 aromatic rings. The Morgan fingerprint density at radius 2 is 2.06 bits per heavy atom. The van der Waals surface area contributed by atoms with E-state index in [0.717, 1.165) is 37.7 Å². The molecule has 17 heavy (non-hydrogen) atoms. The second-order valence-electron chi connectivity index (χ2n) is 4.52. The van der Waals surface area contributed by atoms with Crippen molar-refractivity contribution >= 4 is 5.69 Å². The SMILES string of the molecule is CC1=CCN(CCOc2ccc(N)cc2)CC1. The Bertz CT molecular complexity index is 384. The van der Waals surface area contributed by atoms with Crippen LogP contribution >= 0.6 is 0 Å². The monoisotopic (exact) mass is 232 g/mol. The largest absolute Gasteiger partial charge is 0.492 e. The molecule has 1 aromatic carbocycles. The molecule has 3 nitrogen and oxygen atoms in total. The number of nitrogens with two attached hydrogens (primary N) is 1. The van der Waals surface area contributed by atoms with Crippen molar-refractivity contribution in [3.8, 4) is 5.75 Å². The average molecular weight is 232 g/mol. The average Bonchev–Trinajstić information content (AvgIpc) is 2.34. The number of ether oxygens (including phenoxy) is 1. The molecular weight excluding hydrogens is 212 g/mol. The van der Waals surface area contributed by atoms with E-state index in [1.165, 1.54) is 12.0 Å². The third kappa shape index (κ3) is 3.79. The summed E-state index contributed by atoms with van der Waals surface area (Å²) in [5.74, 6) is 0.892. The topological polar surface area (TPSA) is 38.5 Å². The van der Waals surface area contributed by atoms with Crippen LogP contribution < -0.4 is 10.5 Å². The molecule has 0 atom stereocenters. The van der Waals surface area contributed by atoms with Gasteiger partial charge in [0.05, 0.1) is 0 Å². The molecule has 3 heteroatoms. The Hall–Kier alpha value is -1.48. The molecule has 0 fully saturated rings. The fourth-order valence-corrected chi connectivity index (χ4v) is 1.87. The number of benzene rings is 1. The van der Waals surface area contributed by atoms with Crippen molar-refractivity contribution in [2.75, 3.05) is 32.0 Å². The van der Waals surface area contributed by atoms with Crippen LogP contribution in [-0.4, -0.2) is 31.1 Å². The predicted octanol–water partition coefficient (Wildman–Crippen LogP) is 2.30. The van der Waals surface area contributed by atoms with Gasteiger partial charge in [0.15, 0.2) is 0 Å². The quantitative estimate of drug-likeness (QED) is 0.639. The highest BCUT2D eigenvalue weighted by Crippen LogP contribution is 2.13. The van der Waals surface area contributed by atoms with Gasteiger partial charge in [0.25, 0.3) is 0 Å². The molecule has 92 valence electrons. The van der Waals surface area contributed by atoms with Crippen molar-refractivity contribution < 1.29 is 4.74 Å². The second kappa shape index (κ2) is 5.73. The highest BCUT2D eigenvalue weighted by molar-refractivity contribution is 5.41. The third-order valence-electron chi connectivity index (χ3n) is 3.08. The summed E-state index contributed by atoms with van der Waals surface area (Å²) >= 11 is 0. The molecule has 0 unspecified atom stereocenters. The van der Waals surface area contributed by atoms with Gasteiger partial charge >= 0.3 is 0 Å². The molecule has 2 N–H and O–H groups in total. The van der Waals surface area contributed by atoms with Gasteiger partial charge in [0.2, 0.25) is 0 Å². The van der Waals surface area contributed by atoms with E-state index >= 15 is 0 Å². The summed E-state index contributed by atoms with van der Waals surface area (Å²) in [4.78, 5) is 2.41. The first-order valence-electron chi connectivity index (χ1n) is 6.10. The molecule has 1 heterocycles.